The normalized spacial score (nSPS) is 16.8. The van der Waals surface area contributed by atoms with Crippen LogP contribution >= 0.6 is 0 Å². The lowest BCUT2D eigenvalue weighted by Gasteiger charge is -2.23. The van der Waals surface area contributed by atoms with Gasteiger partial charge in [-0.2, -0.15) is 0 Å². The van der Waals surface area contributed by atoms with Gasteiger partial charge in [-0.15, -0.1) is 0 Å². The lowest BCUT2D eigenvalue weighted by Crippen LogP contribution is -2.45. The molecule has 0 bridgehead atoms. The van der Waals surface area contributed by atoms with Crippen molar-refractivity contribution in [3.8, 4) is 0 Å². The predicted octanol–water partition coefficient (Wildman–Crippen LogP) is 1.20. The number of nitrogens with one attached hydrogen (secondary N) is 2. The van der Waals surface area contributed by atoms with E-state index in [-0.39, 0.29) is 6.03 Å². The smallest absolute Gasteiger partial charge is 0.315 e. The molecule has 0 heterocycles. The zero-order valence-corrected chi connectivity index (χ0v) is 11.7. The van der Waals surface area contributed by atoms with Crippen molar-refractivity contribution in [3.63, 3.8) is 0 Å². The number of rotatable bonds is 7. The van der Waals surface area contributed by atoms with Crippen LogP contribution in [0.1, 0.15) is 32.1 Å². The van der Waals surface area contributed by atoms with Crippen LogP contribution in [0.25, 0.3) is 0 Å². The molecule has 0 unspecified atom stereocenters. The van der Waals surface area contributed by atoms with Crippen molar-refractivity contribution in [2.75, 3.05) is 40.4 Å². The van der Waals surface area contributed by atoms with Gasteiger partial charge in [0.05, 0.1) is 6.61 Å². The van der Waals surface area contributed by atoms with Gasteiger partial charge >= 0.3 is 6.03 Å². The van der Waals surface area contributed by atoms with E-state index in [2.05, 4.69) is 15.5 Å². The zero-order chi connectivity index (χ0) is 13.2. The largest absolute Gasteiger partial charge is 0.383 e. The van der Waals surface area contributed by atoms with Gasteiger partial charge in [-0.25, -0.2) is 4.79 Å². The molecule has 5 nitrogen and oxygen atoms in total. The molecule has 5 heteroatoms. The highest BCUT2D eigenvalue weighted by Crippen LogP contribution is 2.16. The van der Waals surface area contributed by atoms with Crippen LogP contribution in [0.3, 0.4) is 0 Å². The Morgan fingerprint density at radius 1 is 1.28 bits per heavy atom. The molecule has 0 aromatic rings. The van der Waals surface area contributed by atoms with Crippen molar-refractivity contribution in [3.05, 3.63) is 0 Å². The molecule has 0 atom stereocenters. The number of hydrogen-bond acceptors (Lipinski definition) is 3. The van der Waals surface area contributed by atoms with Gasteiger partial charge in [0.15, 0.2) is 0 Å². The maximum atomic E-state index is 11.6. The van der Waals surface area contributed by atoms with Crippen molar-refractivity contribution >= 4 is 6.03 Å². The van der Waals surface area contributed by atoms with Crippen LogP contribution in [0.4, 0.5) is 4.79 Å². The third-order valence-electron chi connectivity index (χ3n) is 3.40. The summed E-state index contributed by atoms with van der Waals surface area (Å²) in [6, 6.07) is 0.354. The van der Waals surface area contributed by atoms with Crippen molar-refractivity contribution < 1.29 is 9.53 Å². The van der Waals surface area contributed by atoms with Crippen LogP contribution in [0.2, 0.25) is 0 Å². The lowest BCUT2D eigenvalue weighted by molar-refractivity contribution is 0.161. The van der Waals surface area contributed by atoms with Gasteiger partial charge < -0.3 is 20.3 Å². The Kier molecular flexibility index (Phi) is 7.76. The predicted molar refractivity (Wildman–Crippen MR) is 72.8 cm³/mol. The number of likely N-dealkylation sites (N-methyl/N-ethyl adjacent to an activating group) is 1. The molecular formula is C13H27N3O2. The van der Waals surface area contributed by atoms with Gasteiger partial charge in [0.2, 0.25) is 0 Å². The monoisotopic (exact) mass is 257 g/mol. The first-order chi connectivity index (χ1) is 8.72. The Hall–Kier alpha value is -0.810. The molecule has 2 amide bonds. The summed E-state index contributed by atoms with van der Waals surface area (Å²) in [6.07, 6.45) is 6.04. The molecule has 0 aliphatic heterocycles. The first-order valence-corrected chi connectivity index (χ1v) is 6.94. The van der Waals surface area contributed by atoms with Crippen LogP contribution in [0.15, 0.2) is 0 Å². The number of carbonyl (C=O) groups excluding carboxylic acids is 1. The fourth-order valence-corrected chi connectivity index (χ4v) is 2.20. The summed E-state index contributed by atoms with van der Waals surface area (Å²) in [7, 11) is 3.73. The van der Waals surface area contributed by atoms with E-state index in [9.17, 15) is 4.79 Å². The van der Waals surface area contributed by atoms with Gasteiger partial charge in [0, 0.05) is 32.8 Å². The van der Waals surface area contributed by atoms with Crippen molar-refractivity contribution in [2.24, 2.45) is 0 Å². The Labute approximate surface area is 110 Å². The molecule has 1 fully saturated rings. The van der Waals surface area contributed by atoms with E-state index < -0.39 is 0 Å². The lowest BCUT2D eigenvalue weighted by atomic mass is 9.96. The minimum atomic E-state index is -0.0259. The quantitative estimate of drug-likeness (QED) is 0.720. The number of urea groups is 1. The van der Waals surface area contributed by atoms with Gasteiger partial charge in [-0.05, 0) is 19.9 Å². The van der Waals surface area contributed by atoms with Crippen LogP contribution in [-0.4, -0.2) is 57.4 Å². The molecule has 18 heavy (non-hydrogen) atoms. The van der Waals surface area contributed by atoms with E-state index in [1.807, 2.05) is 7.05 Å². The van der Waals surface area contributed by atoms with Crippen LogP contribution in [-0.2, 0) is 4.74 Å². The Morgan fingerprint density at radius 3 is 2.67 bits per heavy atom. The summed E-state index contributed by atoms with van der Waals surface area (Å²) >= 11 is 0. The molecule has 0 saturated heterocycles. The summed E-state index contributed by atoms with van der Waals surface area (Å²) in [6.45, 7) is 3.15. The Morgan fingerprint density at radius 2 is 2.00 bits per heavy atom. The number of methoxy groups -OCH3 is 1. The summed E-state index contributed by atoms with van der Waals surface area (Å²) in [4.78, 5) is 13.8. The fraction of sp³-hybridized carbons (Fsp3) is 0.923. The van der Waals surface area contributed by atoms with Crippen molar-refractivity contribution in [1.29, 1.82) is 0 Å². The summed E-state index contributed by atoms with van der Waals surface area (Å²) in [5.41, 5.74) is 0. The topological polar surface area (TPSA) is 53.6 Å². The van der Waals surface area contributed by atoms with Gasteiger partial charge in [0.25, 0.3) is 0 Å². The standard InChI is InChI=1S/C13H27N3O2/c1-16(10-11-18-2)9-8-14-13(17)15-12-6-4-3-5-7-12/h12H,3-11H2,1-2H3,(H2,14,15,17). The van der Waals surface area contributed by atoms with Crippen molar-refractivity contribution in [1.82, 2.24) is 15.5 Å². The number of nitrogens with zero attached hydrogens (tertiary/aromatic N) is 1. The maximum Gasteiger partial charge on any atom is 0.315 e. The SMILES string of the molecule is COCCN(C)CCNC(=O)NC1CCCCC1. The molecule has 0 spiro atoms. The van der Waals surface area contributed by atoms with Crippen molar-refractivity contribution in [2.45, 2.75) is 38.1 Å². The van der Waals surface area contributed by atoms with E-state index in [1.54, 1.807) is 7.11 Å². The second-order valence-corrected chi connectivity index (χ2v) is 5.03. The molecule has 106 valence electrons. The molecule has 1 aliphatic carbocycles. The molecular weight excluding hydrogens is 230 g/mol. The average Bonchev–Trinajstić information content (AvgIpc) is 2.37. The molecule has 1 aliphatic rings. The average molecular weight is 257 g/mol. The Bertz CT molecular complexity index is 230. The van der Waals surface area contributed by atoms with E-state index in [0.29, 0.717) is 12.6 Å². The number of hydrogen-bond donors (Lipinski definition) is 2. The number of carbonyl (C=O) groups is 1. The zero-order valence-electron chi connectivity index (χ0n) is 11.7. The maximum absolute atomic E-state index is 11.6. The molecule has 0 aromatic heterocycles. The second-order valence-electron chi connectivity index (χ2n) is 5.03. The first-order valence-electron chi connectivity index (χ1n) is 6.94. The first kappa shape index (κ1) is 15.2. The van der Waals surface area contributed by atoms with E-state index >= 15 is 0 Å². The molecule has 2 N–H and O–H groups in total. The molecule has 0 aromatic carbocycles. The fourth-order valence-electron chi connectivity index (χ4n) is 2.20. The minimum absolute atomic E-state index is 0.0259. The third-order valence-corrected chi connectivity index (χ3v) is 3.40. The number of ether oxygens (including phenoxy) is 1. The third kappa shape index (κ3) is 6.81. The van der Waals surface area contributed by atoms with E-state index in [0.717, 1.165) is 32.5 Å². The summed E-state index contributed by atoms with van der Waals surface area (Å²) < 4.78 is 5.00. The summed E-state index contributed by atoms with van der Waals surface area (Å²) in [5, 5.41) is 5.95. The minimum Gasteiger partial charge on any atom is -0.383 e. The highest BCUT2D eigenvalue weighted by Gasteiger charge is 2.15. The highest BCUT2D eigenvalue weighted by atomic mass is 16.5. The molecule has 1 saturated carbocycles. The van der Waals surface area contributed by atoms with E-state index in [4.69, 9.17) is 4.74 Å². The van der Waals surface area contributed by atoms with Gasteiger partial charge in [0.1, 0.15) is 0 Å². The summed E-state index contributed by atoms with van der Waals surface area (Å²) in [5.74, 6) is 0. The van der Waals surface area contributed by atoms with Gasteiger partial charge in [-0.1, -0.05) is 19.3 Å². The van der Waals surface area contributed by atoms with Gasteiger partial charge in [-0.3, -0.25) is 0 Å². The molecule has 0 radical (unpaired) electrons. The second kappa shape index (κ2) is 9.16. The number of amides is 2. The van der Waals surface area contributed by atoms with Crippen LogP contribution in [0.5, 0.6) is 0 Å². The molecule has 1 rings (SSSR count). The highest BCUT2D eigenvalue weighted by molar-refractivity contribution is 5.74. The van der Waals surface area contributed by atoms with Crippen LogP contribution < -0.4 is 10.6 Å². The van der Waals surface area contributed by atoms with Crippen LogP contribution in [0, 0.1) is 0 Å². The Balaban J connectivity index is 2.02. The van der Waals surface area contributed by atoms with E-state index in [1.165, 1.54) is 19.3 Å².